The van der Waals surface area contributed by atoms with E-state index < -0.39 is 6.04 Å². The molecule has 1 N–H and O–H groups in total. The number of carbonyl (C=O) groups is 2. The molecule has 0 unspecified atom stereocenters. The molecule has 1 aliphatic carbocycles. The number of nitrogens with zero attached hydrogens (tertiary/aromatic N) is 1. The lowest BCUT2D eigenvalue weighted by Gasteiger charge is -2.33. The van der Waals surface area contributed by atoms with Gasteiger partial charge in [0.15, 0.2) is 0 Å². The summed E-state index contributed by atoms with van der Waals surface area (Å²) in [5.41, 5.74) is 3.41. The van der Waals surface area contributed by atoms with Gasteiger partial charge in [0, 0.05) is 19.0 Å². The minimum atomic E-state index is -0.460. The molecule has 1 saturated carbocycles. The molecule has 0 heterocycles. The molecule has 4 rings (SSSR count). The SMILES string of the molecule is CC[C@@H](C(=O)NC1CCCCC1)N(Cc1ccc(C)cc1)C(=O)CCc1cccc2ccccc12. The average Bonchev–Trinajstić information content (AvgIpc) is 2.89. The summed E-state index contributed by atoms with van der Waals surface area (Å²) >= 11 is 0. The molecular weight excluding hydrogens is 432 g/mol. The van der Waals surface area contributed by atoms with E-state index in [4.69, 9.17) is 0 Å². The second-order valence-electron chi connectivity index (χ2n) is 9.91. The lowest BCUT2D eigenvalue weighted by molar-refractivity contribution is -0.141. The van der Waals surface area contributed by atoms with Gasteiger partial charge >= 0.3 is 0 Å². The fourth-order valence-electron chi connectivity index (χ4n) is 5.25. The predicted octanol–water partition coefficient (Wildman–Crippen LogP) is 6.34. The zero-order chi connectivity index (χ0) is 24.6. The molecule has 4 heteroatoms. The quantitative estimate of drug-likeness (QED) is 0.397. The van der Waals surface area contributed by atoms with Crippen molar-refractivity contribution in [3.8, 4) is 0 Å². The summed E-state index contributed by atoms with van der Waals surface area (Å²) in [4.78, 5) is 28.9. The van der Waals surface area contributed by atoms with E-state index in [0.29, 0.717) is 25.8 Å². The third-order valence-corrected chi connectivity index (χ3v) is 7.30. The van der Waals surface area contributed by atoms with Crippen LogP contribution >= 0.6 is 0 Å². The Morgan fingerprint density at radius 3 is 2.40 bits per heavy atom. The van der Waals surface area contributed by atoms with Gasteiger partial charge in [-0.1, -0.05) is 98.5 Å². The topological polar surface area (TPSA) is 49.4 Å². The number of rotatable bonds is 9. The van der Waals surface area contributed by atoms with Gasteiger partial charge in [0.05, 0.1) is 0 Å². The molecule has 4 nitrogen and oxygen atoms in total. The first-order chi connectivity index (χ1) is 17.0. The van der Waals surface area contributed by atoms with E-state index in [2.05, 4.69) is 66.8 Å². The molecular formula is C31H38N2O2. The number of hydrogen-bond acceptors (Lipinski definition) is 2. The van der Waals surface area contributed by atoms with Gasteiger partial charge in [-0.2, -0.15) is 0 Å². The molecule has 0 aliphatic heterocycles. The first kappa shape index (κ1) is 25.0. The van der Waals surface area contributed by atoms with Crippen LogP contribution in [0.25, 0.3) is 10.8 Å². The van der Waals surface area contributed by atoms with Gasteiger partial charge in [-0.25, -0.2) is 0 Å². The molecule has 0 aromatic heterocycles. The second-order valence-corrected chi connectivity index (χ2v) is 9.91. The molecule has 2 amide bonds. The Morgan fingerprint density at radius 2 is 1.66 bits per heavy atom. The van der Waals surface area contributed by atoms with Gasteiger partial charge in [0.2, 0.25) is 11.8 Å². The van der Waals surface area contributed by atoms with Crippen molar-refractivity contribution in [3.63, 3.8) is 0 Å². The van der Waals surface area contributed by atoms with Crippen molar-refractivity contribution in [2.75, 3.05) is 0 Å². The van der Waals surface area contributed by atoms with E-state index in [0.717, 1.165) is 18.4 Å². The molecule has 0 bridgehead atoms. The fourth-order valence-corrected chi connectivity index (χ4v) is 5.25. The largest absolute Gasteiger partial charge is 0.352 e. The van der Waals surface area contributed by atoms with Crippen molar-refractivity contribution in [1.29, 1.82) is 0 Å². The number of amides is 2. The van der Waals surface area contributed by atoms with Crippen LogP contribution in [0, 0.1) is 6.92 Å². The fraction of sp³-hybridized carbons (Fsp3) is 0.419. The average molecular weight is 471 g/mol. The molecule has 0 radical (unpaired) electrons. The Morgan fingerprint density at radius 1 is 0.943 bits per heavy atom. The van der Waals surface area contributed by atoms with E-state index in [9.17, 15) is 9.59 Å². The highest BCUT2D eigenvalue weighted by atomic mass is 16.2. The third-order valence-electron chi connectivity index (χ3n) is 7.30. The van der Waals surface area contributed by atoms with E-state index in [1.807, 2.05) is 24.0 Å². The van der Waals surface area contributed by atoms with Crippen LogP contribution in [0.5, 0.6) is 0 Å². The summed E-state index contributed by atoms with van der Waals surface area (Å²) in [7, 11) is 0. The molecule has 3 aromatic rings. The van der Waals surface area contributed by atoms with Crippen LogP contribution in [0.1, 0.15) is 68.6 Å². The minimum Gasteiger partial charge on any atom is -0.352 e. The van der Waals surface area contributed by atoms with Gasteiger partial charge in [-0.05, 0) is 54.5 Å². The molecule has 35 heavy (non-hydrogen) atoms. The van der Waals surface area contributed by atoms with Crippen LogP contribution in [0.2, 0.25) is 0 Å². The van der Waals surface area contributed by atoms with Crippen molar-refractivity contribution < 1.29 is 9.59 Å². The van der Waals surface area contributed by atoms with Crippen molar-refractivity contribution in [3.05, 3.63) is 83.4 Å². The van der Waals surface area contributed by atoms with Crippen LogP contribution in [0.3, 0.4) is 0 Å². The Labute approximate surface area is 209 Å². The Hall–Kier alpha value is -3.14. The van der Waals surface area contributed by atoms with E-state index in [1.54, 1.807) is 0 Å². The maximum Gasteiger partial charge on any atom is 0.243 e. The predicted molar refractivity (Wildman–Crippen MR) is 143 cm³/mol. The van der Waals surface area contributed by atoms with E-state index in [1.165, 1.54) is 41.2 Å². The first-order valence-electron chi connectivity index (χ1n) is 13.2. The lowest BCUT2D eigenvalue weighted by Crippen LogP contribution is -2.51. The zero-order valence-corrected chi connectivity index (χ0v) is 21.1. The van der Waals surface area contributed by atoms with Crippen molar-refractivity contribution in [1.82, 2.24) is 10.2 Å². The van der Waals surface area contributed by atoms with Crippen molar-refractivity contribution in [2.45, 2.75) is 83.8 Å². The van der Waals surface area contributed by atoms with Gasteiger partial charge in [-0.15, -0.1) is 0 Å². The van der Waals surface area contributed by atoms with Crippen LogP contribution in [-0.2, 0) is 22.6 Å². The normalized spacial score (nSPS) is 15.0. The number of carbonyl (C=O) groups excluding carboxylic acids is 2. The summed E-state index contributed by atoms with van der Waals surface area (Å²) in [5, 5.41) is 5.64. The van der Waals surface area contributed by atoms with E-state index >= 15 is 0 Å². The second kappa shape index (κ2) is 12.0. The molecule has 0 saturated heterocycles. The smallest absolute Gasteiger partial charge is 0.243 e. The highest BCUT2D eigenvalue weighted by Crippen LogP contribution is 2.22. The Balaban J connectivity index is 1.52. The van der Waals surface area contributed by atoms with Crippen molar-refractivity contribution in [2.24, 2.45) is 0 Å². The third kappa shape index (κ3) is 6.50. The minimum absolute atomic E-state index is 0.00924. The number of nitrogens with one attached hydrogen (secondary N) is 1. The maximum absolute atomic E-state index is 13.7. The molecule has 184 valence electrons. The maximum atomic E-state index is 13.7. The lowest BCUT2D eigenvalue weighted by atomic mass is 9.95. The number of benzene rings is 3. The molecule has 3 aromatic carbocycles. The molecule has 0 spiro atoms. The Kier molecular flexibility index (Phi) is 8.57. The van der Waals surface area contributed by atoms with Gasteiger partial charge < -0.3 is 10.2 Å². The summed E-state index contributed by atoms with van der Waals surface area (Å²) in [5.74, 6) is 0.0224. The van der Waals surface area contributed by atoms with Gasteiger partial charge in [0.25, 0.3) is 0 Å². The molecule has 1 fully saturated rings. The summed E-state index contributed by atoms with van der Waals surface area (Å²) < 4.78 is 0. The van der Waals surface area contributed by atoms with Crippen LogP contribution in [0.15, 0.2) is 66.7 Å². The Bertz CT molecular complexity index is 1130. The highest BCUT2D eigenvalue weighted by Gasteiger charge is 2.30. The zero-order valence-electron chi connectivity index (χ0n) is 21.1. The first-order valence-corrected chi connectivity index (χ1v) is 13.2. The molecule has 1 aliphatic rings. The van der Waals surface area contributed by atoms with Crippen LogP contribution in [-0.4, -0.2) is 28.8 Å². The van der Waals surface area contributed by atoms with E-state index in [-0.39, 0.29) is 17.9 Å². The van der Waals surface area contributed by atoms with Crippen LogP contribution in [0.4, 0.5) is 0 Å². The molecule has 1 atom stereocenters. The highest BCUT2D eigenvalue weighted by molar-refractivity contribution is 5.89. The standard InChI is InChI=1S/C31H38N2O2/c1-3-29(31(35)32-27-13-5-4-6-14-27)33(22-24-18-16-23(2)17-19-24)30(34)21-20-26-12-9-11-25-10-7-8-15-28(25)26/h7-12,15-19,27,29H,3-6,13-14,20-22H2,1-2H3,(H,32,35)/t29-/m0/s1. The van der Waals surface area contributed by atoms with Crippen LogP contribution < -0.4 is 5.32 Å². The number of hydrogen-bond donors (Lipinski definition) is 1. The summed E-state index contributed by atoms with van der Waals surface area (Å²) in [6, 6.07) is 22.6. The summed E-state index contributed by atoms with van der Waals surface area (Å²) in [6.45, 7) is 4.51. The van der Waals surface area contributed by atoms with Gasteiger partial charge in [0.1, 0.15) is 6.04 Å². The summed E-state index contributed by atoms with van der Waals surface area (Å²) in [6.07, 6.45) is 7.29. The monoisotopic (exact) mass is 470 g/mol. The number of aryl methyl sites for hydroxylation is 2. The number of fused-ring (bicyclic) bond motifs is 1. The van der Waals surface area contributed by atoms with Gasteiger partial charge in [-0.3, -0.25) is 9.59 Å². The van der Waals surface area contributed by atoms with Crippen molar-refractivity contribution >= 4 is 22.6 Å².